The minimum Gasteiger partial charge on any atom is -0.341 e. The lowest BCUT2D eigenvalue weighted by Crippen LogP contribution is -2.47. The Bertz CT molecular complexity index is 364. The van der Waals surface area contributed by atoms with Crippen molar-refractivity contribution in [3.63, 3.8) is 0 Å². The normalized spacial score (nSPS) is 33.4. The SMILES string of the molecule is CCc1nsc(N2C3CCC2CC(N)C3)n1. The number of aryl methyl sites for hydroxylation is 1. The molecule has 2 N–H and O–H groups in total. The van der Waals surface area contributed by atoms with Gasteiger partial charge in [-0.25, -0.2) is 4.98 Å². The van der Waals surface area contributed by atoms with Crippen LogP contribution in [0.1, 0.15) is 38.4 Å². The van der Waals surface area contributed by atoms with Crippen molar-refractivity contribution in [3.8, 4) is 0 Å². The fourth-order valence-corrected chi connectivity index (χ4v) is 3.92. The van der Waals surface area contributed by atoms with Gasteiger partial charge in [0.25, 0.3) is 0 Å². The lowest BCUT2D eigenvalue weighted by molar-refractivity contribution is 0.414. The molecule has 2 bridgehead atoms. The number of rotatable bonds is 2. The minimum absolute atomic E-state index is 0.396. The molecule has 0 spiro atoms. The summed E-state index contributed by atoms with van der Waals surface area (Å²) in [6.07, 6.45) is 5.73. The minimum atomic E-state index is 0.396. The van der Waals surface area contributed by atoms with E-state index in [0.717, 1.165) is 30.2 Å². The maximum atomic E-state index is 6.07. The van der Waals surface area contributed by atoms with E-state index in [1.165, 1.54) is 12.8 Å². The van der Waals surface area contributed by atoms with Crippen molar-refractivity contribution in [2.24, 2.45) is 5.73 Å². The van der Waals surface area contributed by atoms with Crippen molar-refractivity contribution in [2.45, 2.75) is 57.2 Å². The summed E-state index contributed by atoms with van der Waals surface area (Å²) in [5.74, 6) is 0.981. The van der Waals surface area contributed by atoms with Gasteiger partial charge in [-0.2, -0.15) is 4.37 Å². The van der Waals surface area contributed by atoms with Crippen LogP contribution in [-0.2, 0) is 6.42 Å². The average Bonchev–Trinajstić information content (AvgIpc) is 2.81. The summed E-state index contributed by atoms with van der Waals surface area (Å²) in [7, 11) is 0. The number of nitrogens with zero attached hydrogens (tertiary/aromatic N) is 3. The van der Waals surface area contributed by atoms with Crippen molar-refractivity contribution < 1.29 is 0 Å². The quantitative estimate of drug-likeness (QED) is 0.849. The summed E-state index contributed by atoms with van der Waals surface area (Å²) in [5, 5.41) is 1.12. The first-order valence-corrected chi connectivity index (χ1v) is 6.91. The van der Waals surface area contributed by atoms with Gasteiger partial charge in [0.05, 0.1) is 0 Å². The smallest absolute Gasteiger partial charge is 0.205 e. The van der Waals surface area contributed by atoms with Gasteiger partial charge in [0.15, 0.2) is 0 Å². The van der Waals surface area contributed by atoms with Crippen molar-refractivity contribution in [1.82, 2.24) is 9.36 Å². The number of nitrogens with two attached hydrogens (primary N) is 1. The highest BCUT2D eigenvalue weighted by atomic mass is 32.1. The molecule has 1 aromatic heterocycles. The van der Waals surface area contributed by atoms with E-state index < -0.39 is 0 Å². The Morgan fingerprint density at radius 2 is 2.06 bits per heavy atom. The molecule has 88 valence electrons. The van der Waals surface area contributed by atoms with Crippen molar-refractivity contribution >= 4 is 16.7 Å². The van der Waals surface area contributed by atoms with Gasteiger partial charge in [-0.05, 0) is 25.7 Å². The Hall–Kier alpha value is -0.680. The predicted octanol–water partition coefficient (Wildman–Crippen LogP) is 1.56. The Morgan fingerprint density at radius 1 is 1.38 bits per heavy atom. The van der Waals surface area contributed by atoms with Gasteiger partial charge in [-0.1, -0.05) is 6.92 Å². The molecule has 2 unspecified atom stereocenters. The molecule has 2 aliphatic rings. The summed E-state index contributed by atoms with van der Waals surface area (Å²) in [5.41, 5.74) is 6.07. The number of hydrogen-bond donors (Lipinski definition) is 1. The van der Waals surface area contributed by atoms with E-state index in [1.807, 2.05) is 0 Å². The summed E-state index contributed by atoms with van der Waals surface area (Å²) in [6, 6.07) is 1.63. The number of fused-ring (bicyclic) bond motifs is 2. The molecule has 2 aliphatic heterocycles. The van der Waals surface area contributed by atoms with E-state index in [1.54, 1.807) is 11.5 Å². The van der Waals surface area contributed by atoms with E-state index in [0.29, 0.717) is 18.1 Å². The van der Waals surface area contributed by atoms with Crippen LogP contribution in [0.4, 0.5) is 5.13 Å². The van der Waals surface area contributed by atoms with E-state index in [2.05, 4.69) is 21.2 Å². The molecule has 2 saturated heterocycles. The Kier molecular flexibility index (Phi) is 2.59. The Labute approximate surface area is 100 Å². The lowest BCUT2D eigenvalue weighted by Gasteiger charge is -2.37. The molecule has 0 aliphatic carbocycles. The summed E-state index contributed by atoms with van der Waals surface area (Å²) < 4.78 is 4.38. The molecule has 3 rings (SSSR count). The molecule has 0 amide bonds. The van der Waals surface area contributed by atoms with Crippen LogP contribution in [0.25, 0.3) is 0 Å². The maximum absolute atomic E-state index is 6.07. The topological polar surface area (TPSA) is 55.0 Å². The zero-order chi connectivity index (χ0) is 11.1. The molecule has 2 atom stereocenters. The van der Waals surface area contributed by atoms with Gasteiger partial charge in [0, 0.05) is 36.1 Å². The summed E-state index contributed by atoms with van der Waals surface area (Å²) in [6.45, 7) is 2.10. The Morgan fingerprint density at radius 3 is 2.62 bits per heavy atom. The van der Waals surface area contributed by atoms with Gasteiger partial charge in [-0.15, -0.1) is 0 Å². The molecule has 1 aromatic rings. The average molecular weight is 238 g/mol. The first-order valence-electron chi connectivity index (χ1n) is 6.14. The van der Waals surface area contributed by atoms with Crippen molar-refractivity contribution in [3.05, 3.63) is 5.82 Å². The van der Waals surface area contributed by atoms with E-state index in [-0.39, 0.29) is 0 Å². The first-order chi connectivity index (χ1) is 7.78. The second-order valence-corrected chi connectivity index (χ2v) is 5.60. The highest BCUT2D eigenvalue weighted by Gasteiger charge is 2.41. The molecule has 0 saturated carbocycles. The van der Waals surface area contributed by atoms with E-state index >= 15 is 0 Å². The zero-order valence-corrected chi connectivity index (χ0v) is 10.4. The second kappa shape index (κ2) is 3.96. The third kappa shape index (κ3) is 1.62. The molecular formula is C11H18N4S. The highest BCUT2D eigenvalue weighted by Crippen LogP contribution is 2.39. The molecule has 0 aromatic carbocycles. The molecule has 3 heterocycles. The standard InChI is InChI=1S/C11H18N4S/c1-2-10-13-11(16-14-10)15-8-3-4-9(15)6-7(12)5-8/h7-9H,2-6,12H2,1H3. The number of hydrogen-bond acceptors (Lipinski definition) is 5. The molecule has 0 radical (unpaired) electrons. The van der Waals surface area contributed by atoms with Crippen molar-refractivity contribution in [1.29, 1.82) is 0 Å². The largest absolute Gasteiger partial charge is 0.341 e. The van der Waals surface area contributed by atoms with Gasteiger partial charge in [0.1, 0.15) is 5.82 Å². The number of anilines is 1. The van der Waals surface area contributed by atoms with Gasteiger partial charge in [-0.3, -0.25) is 0 Å². The van der Waals surface area contributed by atoms with Crippen LogP contribution < -0.4 is 10.6 Å². The fraction of sp³-hybridized carbons (Fsp3) is 0.818. The predicted molar refractivity (Wildman–Crippen MR) is 65.8 cm³/mol. The monoisotopic (exact) mass is 238 g/mol. The highest BCUT2D eigenvalue weighted by molar-refractivity contribution is 7.09. The number of piperidine rings is 1. The second-order valence-electron chi connectivity index (χ2n) is 4.87. The molecule has 2 fully saturated rings. The van der Waals surface area contributed by atoms with Crippen LogP contribution in [0, 0.1) is 0 Å². The first kappa shape index (κ1) is 10.5. The number of aromatic nitrogens is 2. The van der Waals surface area contributed by atoms with Crippen LogP contribution in [0.2, 0.25) is 0 Å². The van der Waals surface area contributed by atoms with Crippen LogP contribution in [0.3, 0.4) is 0 Å². The molecule has 16 heavy (non-hydrogen) atoms. The van der Waals surface area contributed by atoms with Gasteiger partial charge in [0.2, 0.25) is 5.13 Å². The van der Waals surface area contributed by atoms with E-state index in [4.69, 9.17) is 5.73 Å². The maximum Gasteiger partial charge on any atom is 0.205 e. The van der Waals surface area contributed by atoms with Crippen LogP contribution in [-0.4, -0.2) is 27.5 Å². The molecule has 5 heteroatoms. The molecule has 4 nitrogen and oxygen atoms in total. The third-order valence-electron chi connectivity index (χ3n) is 3.76. The zero-order valence-electron chi connectivity index (χ0n) is 9.59. The van der Waals surface area contributed by atoms with E-state index in [9.17, 15) is 0 Å². The lowest BCUT2D eigenvalue weighted by atomic mass is 9.99. The molecular weight excluding hydrogens is 220 g/mol. The van der Waals surface area contributed by atoms with Crippen LogP contribution in [0.5, 0.6) is 0 Å². The van der Waals surface area contributed by atoms with Crippen LogP contribution in [0.15, 0.2) is 0 Å². The third-order valence-corrected chi connectivity index (χ3v) is 4.53. The summed E-state index contributed by atoms with van der Waals surface area (Å²) >= 11 is 1.55. The van der Waals surface area contributed by atoms with Crippen molar-refractivity contribution in [2.75, 3.05) is 4.90 Å². The van der Waals surface area contributed by atoms with Crippen LogP contribution >= 0.6 is 11.5 Å². The summed E-state index contributed by atoms with van der Waals surface area (Å²) in [4.78, 5) is 7.10. The Balaban J connectivity index is 1.85. The van der Waals surface area contributed by atoms with Gasteiger partial charge < -0.3 is 10.6 Å². The fourth-order valence-electron chi connectivity index (χ4n) is 3.02. The van der Waals surface area contributed by atoms with Gasteiger partial charge >= 0.3 is 0 Å².